The minimum atomic E-state index is 0.0743. The van der Waals surface area contributed by atoms with Crippen LogP contribution in [0.4, 0.5) is 5.69 Å². The fraction of sp³-hybridized carbons (Fsp3) is 0.391. The summed E-state index contributed by atoms with van der Waals surface area (Å²) in [6, 6.07) is 15.7. The number of halogens is 1. The zero-order chi connectivity index (χ0) is 20.5. The molecule has 0 aliphatic carbocycles. The Kier molecular flexibility index (Phi) is 5.46. The molecular weight excluding hydrogens is 400 g/mol. The maximum absolute atomic E-state index is 12.8. The van der Waals surface area contributed by atoms with Crippen LogP contribution in [-0.4, -0.2) is 59.8 Å². The fourth-order valence-corrected chi connectivity index (χ4v) is 4.58. The van der Waals surface area contributed by atoms with E-state index in [1.807, 2.05) is 35.2 Å². The number of anilines is 1. The molecule has 0 radical (unpaired) electrons. The zero-order valence-corrected chi connectivity index (χ0v) is 17.6. The average molecular weight is 425 g/mol. The Labute approximate surface area is 181 Å². The summed E-state index contributed by atoms with van der Waals surface area (Å²) in [5, 5.41) is 0.673. The molecule has 0 saturated carbocycles. The Morgan fingerprint density at radius 2 is 1.80 bits per heavy atom. The van der Waals surface area contributed by atoms with Gasteiger partial charge in [0.25, 0.3) is 0 Å². The van der Waals surface area contributed by atoms with Gasteiger partial charge in [-0.15, -0.1) is 0 Å². The van der Waals surface area contributed by atoms with E-state index in [2.05, 4.69) is 27.7 Å². The van der Waals surface area contributed by atoms with E-state index in [-0.39, 0.29) is 11.8 Å². The monoisotopic (exact) mass is 424 g/mol. The molecule has 2 saturated heterocycles. The Balaban J connectivity index is 1.42. The van der Waals surface area contributed by atoms with Gasteiger partial charge in [0.05, 0.1) is 24.2 Å². The van der Waals surface area contributed by atoms with Crippen LogP contribution in [0.15, 0.2) is 48.5 Å². The Morgan fingerprint density at radius 1 is 1.03 bits per heavy atom. The molecule has 3 heterocycles. The maximum atomic E-state index is 12.8. The lowest BCUT2D eigenvalue weighted by Crippen LogP contribution is -2.38. The lowest BCUT2D eigenvalue weighted by Gasteiger charge is -2.27. The number of amides is 1. The summed E-state index contributed by atoms with van der Waals surface area (Å²) in [7, 11) is 0. The second-order valence-corrected chi connectivity index (χ2v) is 8.38. The number of nitrogens with zero attached hydrogens (tertiary/aromatic N) is 4. The number of para-hydroxylation sites is 2. The van der Waals surface area contributed by atoms with Crippen LogP contribution in [-0.2, 0) is 16.1 Å². The molecule has 2 fully saturated rings. The number of ether oxygens (including phenoxy) is 1. The molecule has 156 valence electrons. The number of carbonyl (C=O) groups excluding carboxylic acids is 1. The number of benzene rings is 2. The lowest BCUT2D eigenvalue weighted by atomic mass is 10.1. The van der Waals surface area contributed by atoms with E-state index in [1.54, 1.807) is 0 Å². The van der Waals surface area contributed by atoms with Crippen LogP contribution in [0, 0.1) is 0 Å². The second kappa shape index (κ2) is 8.38. The average Bonchev–Trinajstić information content (AvgIpc) is 3.34. The summed E-state index contributed by atoms with van der Waals surface area (Å²) < 4.78 is 7.79. The van der Waals surface area contributed by atoms with Crippen LogP contribution >= 0.6 is 11.6 Å². The minimum absolute atomic E-state index is 0.0743. The quantitative estimate of drug-likeness (QED) is 0.628. The predicted molar refractivity (Wildman–Crippen MR) is 118 cm³/mol. The molecule has 0 unspecified atom stereocenters. The Bertz CT molecular complexity index is 1040. The lowest BCUT2D eigenvalue weighted by molar-refractivity contribution is -0.117. The van der Waals surface area contributed by atoms with E-state index in [0.717, 1.165) is 61.9 Å². The first-order valence-corrected chi connectivity index (χ1v) is 10.9. The number of imidazole rings is 1. The summed E-state index contributed by atoms with van der Waals surface area (Å²) >= 11 is 6.02. The highest BCUT2D eigenvalue weighted by molar-refractivity contribution is 6.30. The zero-order valence-electron chi connectivity index (χ0n) is 16.8. The van der Waals surface area contributed by atoms with Crippen molar-refractivity contribution in [3.05, 3.63) is 59.4 Å². The molecule has 3 aromatic rings. The largest absolute Gasteiger partial charge is 0.379 e. The summed E-state index contributed by atoms with van der Waals surface area (Å²) in [6.45, 7) is 5.99. The van der Waals surface area contributed by atoms with E-state index in [1.165, 1.54) is 0 Å². The van der Waals surface area contributed by atoms with E-state index >= 15 is 0 Å². The summed E-state index contributed by atoms with van der Waals surface area (Å²) in [4.78, 5) is 22.0. The van der Waals surface area contributed by atoms with Gasteiger partial charge in [0.15, 0.2) is 0 Å². The van der Waals surface area contributed by atoms with E-state index in [9.17, 15) is 4.79 Å². The first-order chi connectivity index (χ1) is 14.7. The van der Waals surface area contributed by atoms with Crippen LogP contribution in [0.25, 0.3) is 11.0 Å². The second-order valence-electron chi connectivity index (χ2n) is 7.95. The van der Waals surface area contributed by atoms with Crippen LogP contribution < -0.4 is 4.90 Å². The van der Waals surface area contributed by atoms with Gasteiger partial charge in [-0.05, 0) is 36.4 Å². The summed E-state index contributed by atoms with van der Waals surface area (Å²) in [5.74, 6) is 1.22. The van der Waals surface area contributed by atoms with Gasteiger partial charge in [-0.2, -0.15) is 0 Å². The highest BCUT2D eigenvalue weighted by Gasteiger charge is 2.34. The molecule has 1 aromatic heterocycles. The van der Waals surface area contributed by atoms with Crippen molar-refractivity contribution in [1.29, 1.82) is 0 Å². The van der Waals surface area contributed by atoms with Gasteiger partial charge < -0.3 is 14.2 Å². The summed E-state index contributed by atoms with van der Waals surface area (Å²) in [6.07, 6.45) is 0.476. The van der Waals surface area contributed by atoms with Crippen molar-refractivity contribution in [2.45, 2.75) is 18.9 Å². The topological polar surface area (TPSA) is 50.6 Å². The number of rotatable bonds is 5. The normalized spacial score (nSPS) is 20.4. The van der Waals surface area contributed by atoms with Crippen molar-refractivity contribution in [2.75, 3.05) is 44.3 Å². The number of fused-ring (bicyclic) bond motifs is 1. The van der Waals surface area contributed by atoms with Gasteiger partial charge in [-0.25, -0.2) is 4.98 Å². The third kappa shape index (κ3) is 3.83. The highest BCUT2D eigenvalue weighted by Crippen LogP contribution is 2.33. The van der Waals surface area contributed by atoms with Gasteiger partial charge in [0.1, 0.15) is 5.82 Å². The van der Waals surface area contributed by atoms with Crippen molar-refractivity contribution < 1.29 is 9.53 Å². The highest BCUT2D eigenvalue weighted by atomic mass is 35.5. The van der Waals surface area contributed by atoms with Crippen molar-refractivity contribution in [2.24, 2.45) is 0 Å². The van der Waals surface area contributed by atoms with Gasteiger partial charge in [-0.1, -0.05) is 23.7 Å². The van der Waals surface area contributed by atoms with Crippen molar-refractivity contribution in [3.63, 3.8) is 0 Å². The van der Waals surface area contributed by atoms with Gasteiger partial charge in [0.2, 0.25) is 5.91 Å². The predicted octanol–water partition coefficient (Wildman–Crippen LogP) is 3.54. The van der Waals surface area contributed by atoms with Crippen LogP contribution in [0.1, 0.15) is 18.2 Å². The van der Waals surface area contributed by atoms with Gasteiger partial charge in [-0.3, -0.25) is 9.69 Å². The fourth-order valence-electron chi connectivity index (χ4n) is 4.46. The maximum Gasteiger partial charge on any atom is 0.227 e. The van der Waals surface area contributed by atoms with E-state index in [4.69, 9.17) is 21.3 Å². The molecule has 2 aromatic carbocycles. The number of hydrogen-bond donors (Lipinski definition) is 0. The molecule has 2 aliphatic heterocycles. The Hall–Kier alpha value is -2.41. The minimum Gasteiger partial charge on any atom is -0.379 e. The molecule has 0 bridgehead atoms. The van der Waals surface area contributed by atoms with E-state index < -0.39 is 0 Å². The molecule has 1 amide bonds. The number of morpholine rings is 1. The van der Waals surface area contributed by atoms with E-state index in [0.29, 0.717) is 18.0 Å². The number of aromatic nitrogens is 2. The summed E-state index contributed by atoms with van der Waals surface area (Å²) in [5.41, 5.74) is 3.02. The first-order valence-electron chi connectivity index (χ1n) is 10.5. The SMILES string of the molecule is O=C1C[C@@H](c2nc3ccccc3n2CCN2CCOCC2)CN1c1ccc(Cl)cc1. The smallest absolute Gasteiger partial charge is 0.227 e. The van der Waals surface area contributed by atoms with Crippen molar-refractivity contribution in [3.8, 4) is 0 Å². The third-order valence-electron chi connectivity index (χ3n) is 6.06. The number of hydrogen-bond acceptors (Lipinski definition) is 4. The standard InChI is InChI=1S/C23H25ClN4O2/c24-18-5-7-19(8-6-18)28-16-17(15-22(28)29)23-25-20-3-1-2-4-21(20)27(23)10-9-26-11-13-30-14-12-26/h1-8,17H,9-16H2/t17-/m1/s1. The molecular formula is C23H25ClN4O2. The molecule has 30 heavy (non-hydrogen) atoms. The van der Waals surface area contributed by atoms with Gasteiger partial charge in [0, 0.05) is 55.8 Å². The molecule has 5 rings (SSSR count). The number of carbonyl (C=O) groups is 1. The van der Waals surface area contributed by atoms with Crippen LogP contribution in [0.3, 0.4) is 0 Å². The molecule has 0 spiro atoms. The molecule has 7 heteroatoms. The molecule has 2 aliphatic rings. The first kappa shape index (κ1) is 19.5. The van der Waals surface area contributed by atoms with Crippen LogP contribution in [0.2, 0.25) is 5.02 Å². The molecule has 6 nitrogen and oxygen atoms in total. The van der Waals surface area contributed by atoms with Gasteiger partial charge >= 0.3 is 0 Å². The van der Waals surface area contributed by atoms with Crippen LogP contribution in [0.5, 0.6) is 0 Å². The molecule has 1 atom stereocenters. The van der Waals surface area contributed by atoms with Crippen molar-refractivity contribution in [1.82, 2.24) is 14.5 Å². The third-order valence-corrected chi connectivity index (χ3v) is 6.31. The Morgan fingerprint density at radius 3 is 2.60 bits per heavy atom. The van der Waals surface area contributed by atoms with Crippen molar-refractivity contribution >= 4 is 34.2 Å². The molecule has 0 N–H and O–H groups in total.